The Hall–Kier alpha value is -2.31. The minimum atomic E-state index is -0.840. The molecule has 2 N–H and O–H groups in total. The van der Waals surface area contributed by atoms with E-state index in [2.05, 4.69) is 22.0 Å². The van der Waals surface area contributed by atoms with Gasteiger partial charge in [-0.15, -0.1) is 0 Å². The number of nitrogens with one attached hydrogen (secondary N) is 1. The highest BCUT2D eigenvalue weighted by Gasteiger charge is 2.17. The Morgan fingerprint density at radius 1 is 1.20 bits per heavy atom. The lowest BCUT2D eigenvalue weighted by atomic mass is 10.1. The highest BCUT2D eigenvalue weighted by molar-refractivity contribution is 5.94. The van der Waals surface area contributed by atoms with E-state index in [1.807, 2.05) is 24.3 Å². The molecule has 134 valence electrons. The number of hydrogen-bond acceptors (Lipinski definition) is 5. The van der Waals surface area contributed by atoms with Gasteiger partial charge in [0, 0.05) is 37.4 Å². The van der Waals surface area contributed by atoms with Gasteiger partial charge in [-0.25, -0.2) is 0 Å². The lowest BCUT2D eigenvalue weighted by molar-refractivity contribution is 0.0901. The maximum atomic E-state index is 12.2. The van der Waals surface area contributed by atoms with Gasteiger partial charge >= 0.3 is 0 Å². The number of likely N-dealkylation sites (N-methyl/N-ethyl adjacent to an activating group) is 1. The average Bonchev–Trinajstić information content (AvgIpc) is 3.21. The van der Waals surface area contributed by atoms with Crippen molar-refractivity contribution in [1.29, 1.82) is 0 Å². The largest absolute Gasteiger partial charge is 0.467 e. The summed E-state index contributed by atoms with van der Waals surface area (Å²) in [5, 5.41) is 12.7. The molecule has 3 rings (SSSR count). The van der Waals surface area contributed by atoms with E-state index in [1.54, 1.807) is 12.1 Å². The number of aliphatic hydroxyl groups is 1. The van der Waals surface area contributed by atoms with Crippen molar-refractivity contribution in [1.82, 2.24) is 10.2 Å². The molecule has 6 heteroatoms. The molecule has 0 saturated carbocycles. The molecule has 2 heterocycles. The fourth-order valence-electron chi connectivity index (χ4n) is 3.02. The van der Waals surface area contributed by atoms with Crippen LogP contribution in [0.15, 0.2) is 47.1 Å². The van der Waals surface area contributed by atoms with E-state index in [4.69, 9.17) is 4.42 Å². The number of hydrogen-bond donors (Lipinski definition) is 2. The normalized spacial score (nSPS) is 16.6. The molecule has 2 aromatic rings. The van der Waals surface area contributed by atoms with Crippen molar-refractivity contribution in [3.63, 3.8) is 0 Å². The molecule has 1 amide bonds. The first-order valence-corrected chi connectivity index (χ1v) is 8.74. The first-order chi connectivity index (χ1) is 12.2. The van der Waals surface area contributed by atoms with Crippen LogP contribution in [0.4, 0.5) is 5.69 Å². The van der Waals surface area contributed by atoms with E-state index in [9.17, 15) is 9.90 Å². The SMILES string of the molecule is CCN1CCN(c2ccc(C(=O)NC[C@@H](O)c3ccco3)cc2)CC1. The van der Waals surface area contributed by atoms with Gasteiger partial charge in [0.05, 0.1) is 12.8 Å². The van der Waals surface area contributed by atoms with Gasteiger partial charge in [0.15, 0.2) is 0 Å². The molecule has 0 spiro atoms. The van der Waals surface area contributed by atoms with Crippen molar-refractivity contribution in [3.05, 3.63) is 54.0 Å². The van der Waals surface area contributed by atoms with Crippen molar-refractivity contribution in [2.24, 2.45) is 0 Å². The van der Waals surface area contributed by atoms with Crippen LogP contribution in [0.1, 0.15) is 29.1 Å². The van der Waals surface area contributed by atoms with Crippen molar-refractivity contribution in [2.45, 2.75) is 13.0 Å². The van der Waals surface area contributed by atoms with Gasteiger partial charge in [-0.3, -0.25) is 4.79 Å². The number of rotatable bonds is 6. The number of aliphatic hydroxyl groups excluding tert-OH is 1. The average molecular weight is 343 g/mol. The van der Waals surface area contributed by atoms with Crippen LogP contribution in [0.3, 0.4) is 0 Å². The molecule has 1 fully saturated rings. The number of carbonyl (C=O) groups is 1. The van der Waals surface area contributed by atoms with Gasteiger partial charge < -0.3 is 24.6 Å². The zero-order valence-corrected chi connectivity index (χ0v) is 14.5. The zero-order valence-electron chi connectivity index (χ0n) is 14.5. The summed E-state index contributed by atoms with van der Waals surface area (Å²) in [5.74, 6) is 0.245. The third kappa shape index (κ3) is 4.41. The molecule has 0 radical (unpaired) electrons. The highest BCUT2D eigenvalue weighted by atomic mass is 16.4. The maximum Gasteiger partial charge on any atom is 0.251 e. The van der Waals surface area contributed by atoms with Gasteiger partial charge in [0.1, 0.15) is 11.9 Å². The Bertz CT molecular complexity index is 662. The summed E-state index contributed by atoms with van der Waals surface area (Å²) in [6, 6.07) is 11.0. The van der Waals surface area contributed by atoms with Crippen LogP contribution in [0.2, 0.25) is 0 Å². The first-order valence-electron chi connectivity index (χ1n) is 8.74. The summed E-state index contributed by atoms with van der Waals surface area (Å²) in [5.41, 5.74) is 1.73. The monoisotopic (exact) mass is 343 g/mol. The third-order valence-electron chi connectivity index (χ3n) is 4.64. The van der Waals surface area contributed by atoms with Gasteiger partial charge in [0.2, 0.25) is 0 Å². The molecule has 0 aliphatic carbocycles. The van der Waals surface area contributed by atoms with Crippen molar-refractivity contribution in [3.8, 4) is 0 Å². The number of nitrogens with zero attached hydrogens (tertiary/aromatic N) is 2. The standard InChI is InChI=1S/C19H25N3O3/c1-2-21-9-11-22(12-10-21)16-7-5-15(6-8-16)19(24)20-14-17(23)18-4-3-13-25-18/h3-8,13,17,23H,2,9-12,14H2,1H3,(H,20,24)/t17-/m1/s1. The molecular formula is C19H25N3O3. The predicted octanol–water partition coefficient (Wildman–Crippen LogP) is 1.88. The van der Waals surface area contributed by atoms with Gasteiger partial charge in [-0.2, -0.15) is 0 Å². The fourth-order valence-corrected chi connectivity index (χ4v) is 3.02. The summed E-state index contributed by atoms with van der Waals surface area (Å²) < 4.78 is 5.12. The van der Waals surface area contributed by atoms with E-state index in [-0.39, 0.29) is 12.5 Å². The highest BCUT2D eigenvalue weighted by Crippen LogP contribution is 2.18. The van der Waals surface area contributed by atoms with Crippen molar-refractivity contribution < 1.29 is 14.3 Å². The lowest BCUT2D eigenvalue weighted by Gasteiger charge is -2.35. The van der Waals surface area contributed by atoms with Crippen molar-refractivity contribution >= 4 is 11.6 Å². The summed E-state index contributed by atoms with van der Waals surface area (Å²) in [7, 11) is 0. The van der Waals surface area contributed by atoms with Crippen LogP contribution in [-0.4, -0.2) is 55.2 Å². The van der Waals surface area contributed by atoms with Gasteiger partial charge in [0.25, 0.3) is 5.91 Å². The molecule has 25 heavy (non-hydrogen) atoms. The van der Waals surface area contributed by atoms with Crippen LogP contribution < -0.4 is 10.2 Å². The smallest absolute Gasteiger partial charge is 0.251 e. The van der Waals surface area contributed by atoms with Gasteiger partial charge in [-0.05, 0) is 42.9 Å². The zero-order chi connectivity index (χ0) is 17.6. The van der Waals surface area contributed by atoms with Crippen LogP contribution in [-0.2, 0) is 0 Å². The molecule has 0 unspecified atom stereocenters. The molecule has 1 aromatic heterocycles. The molecule has 1 aliphatic rings. The summed E-state index contributed by atoms with van der Waals surface area (Å²) >= 11 is 0. The number of anilines is 1. The molecule has 0 bridgehead atoms. The van der Waals surface area contributed by atoms with Crippen LogP contribution in [0.5, 0.6) is 0 Å². The number of piperazine rings is 1. The van der Waals surface area contributed by atoms with Crippen LogP contribution >= 0.6 is 0 Å². The summed E-state index contributed by atoms with van der Waals surface area (Å²) in [6.45, 7) is 7.56. The van der Waals surface area contributed by atoms with Crippen LogP contribution in [0, 0.1) is 0 Å². The first kappa shape index (κ1) is 17.5. The Balaban J connectivity index is 1.52. The summed E-state index contributed by atoms with van der Waals surface area (Å²) in [6.07, 6.45) is 0.660. The number of furan rings is 1. The fraction of sp³-hybridized carbons (Fsp3) is 0.421. The lowest BCUT2D eigenvalue weighted by Crippen LogP contribution is -2.46. The second-order valence-corrected chi connectivity index (χ2v) is 6.21. The van der Waals surface area contributed by atoms with Crippen LogP contribution in [0.25, 0.3) is 0 Å². The molecule has 1 aliphatic heterocycles. The number of amides is 1. The Kier molecular flexibility index (Phi) is 5.73. The maximum absolute atomic E-state index is 12.2. The van der Waals surface area contributed by atoms with E-state index in [0.29, 0.717) is 11.3 Å². The molecular weight excluding hydrogens is 318 g/mol. The molecule has 1 atom stereocenters. The number of benzene rings is 1. The van der Waals surface area contributed by atoms with E-state index < -0.39 is 6.10 Å². The predicted molar refractivity (Wildman–Crippen MR) is 96.8 cm³/mol. The second-order valence-electron chi connectivity index (χ2n) is 6.21. The summed E-state index contributed by atoms with van der Waals surface area (Å²) in [4.78, 5) is 17.0. The number of carbonyl (C=O) groups excluding carboxylic acids is 1. The Labute approximate surface area is 148 Å². The minimum Gasteiger partial charge on any atom is -0.467 e. The van der Waals surface area contributed by atoms with E-state index in [1.165, 1.54) is 6.26 Å². The Morgan fingerprint density at radius 2 is 1.92 bits per heavy atom. The topological polar surface area (TPSA) is 69.0 Å². The van der Waals surface area contributed by atoms with E-state index >= 15 is 0 Å². The van der Waals surface area contributed by atoms with Gasteiger partial charge in [-0.1, -0.05) is 6.92 Å². The molecule has 1 saturated heterocycles. The third-order valence-corrected chi connectivity index (χ3v) is 4.64. The van der Waals surface area contributed by atoms with Crippen molar-refractivity contribution in [2.75, 3.05) is 44.2 Å². The second kappa shape index (κ2) is 8.18. The van der Waals surface area contributed by atoms with E-state index in [0.717, 1.165) is 38.4 Å². The molecule has 6 nitrogen and oxygen atoms in total. The molecule has 1 aromatic carbocycles. The minimum absolute atomic E-state index is 0.118. The Morgan fingerprint density at radius 3 is 2.52 bits per heavy atom. The quantitative estimate of drug-likeness (QED) is 0.838.